The van der Waals surface area contributed by atoms with Gasteiger partial charge >= 0.3 is 0 Å². The Morgan fingerprint density at radius 2 is 0.341 bits per heavy atom. The molecule has 7 aromatic heterocycles. The average Bonchev–Trinajstić information content (AvgIpc) is 1.57. The number of hydrogen-bond acceptors (Lipinski definition) is 17. The first kappa shape index (κ1) is 77.9. The van der Waals surface area contributed by atoms with E-state index in [0.717, 1.165) is 122 Å². The monoisotopic (exact) mass is 1690 g/mol. The van der Waals surface area contributed by atoms with Crippen LogP contribution in [-0.2, 0) is 0 Å². The quantitative estimate of drug-likeness (QED) is 0.0774. The van der Waals surface area contributed by atoms with Gasteiger partial charge in [0.05, 0.1) is 56.7 Å². The lowest BCUT2D eigenvalue weighted by molar-refractivity contribution is 1.06. The molecule has 0 spiro atoms. The average molecular weight is 1690 g/mol. The van der Waals surface area contributed by atoms with Crippen molar-refractivity contribution in [3.05, 3.63) is 418 Å². The zero-order valence-corrected chi connectivity index (χ0v) is 70.2. The lowest BCUT2D eigenvalue weighted by Crippen LogP contribution is -2.06. The summed E-state index contributed by atoms with van der Waals surface area (Å²) in [6.45, 7) is 0. The molecule has 0 unspecified atom stereocenters. The van der Waals surface area contributed by atoms with Gasteiger partial charge in [-0.3, -0.25) is 0 Å². The number of hydrogen-bond donors (Lipinski definition) is 0. The maximum atomic E-state index is 11.3. The summed E-state index contributed by atoms with van der Waals surface area (Å²) in [7, 11) is 0. The van der Waals surface area contributed by atoms with Gasteiger partial charge in [-0.05, 0) is 126 Å². The highest BCUT2D eigenvalue weighted by atomic mass is 15.1. The Morgan fingerprint density at radius 3 is 0.583 bits per heavy atom. The number of nitriles is 2. The molecule has 23 rings (SSSR count). The molecule has 0 fully saturated rings. The molecule has 16 aromatic carbocycles. The Kier molecular flexibility index (Phi) is 19.8. The molecular weight excluding hydrogens is 1620 g/mol. The molecule has 0 atom stereocenters. The summed E-state index contributed by atoms with van der Waals surface area (Å²) >= 11 is 0. The van der Waals surface area contributed by atoms with Crippen LogP contribution in [0.5, 0.6) is 0 Å². The van der Waals surface area contributed by atoms with Crippen molar-refractivity contribution in [3.8, 4) is 205 Å². The van der Waals surface area contributed by atoms with Crippen LogP contribution in [0.25, 0.3) is 237 Å². The van der Waals surface area contributed by atoms with Crippen LogP contribution < -0.4 is 0 Å². The standard InChI is InChI=1S/C113H67N19/c114-68-70-46-49-72(50-47-70)82-51-57-98(132-95-60-54-85(110-124-103(77-36-18-5-19-37-77)118-104(125-110)78-38-20-6-21-39-78)66-89(95)90-67-86(55-61-96(90)132)111-126-105(79-40-22-7-23-41-79)119-106(127-111)80-42-24-8-25-43-80)92(63-82)113-129-107(81-44-26-9-27-45-81)128-112(130-113)91-62-71(69-115)48-56-97(91)131-93-58-52-83(108-120-99(73-28-10-1-11-29-73)116-100(121-108)74-30-12-2-13-31-74)64-87(93)88-65-84(53-59-94(88)131)109-122-101(75-32-14-3-15-33-75)117-102(123-109)76-34-16-4-17-35-76/h1-67H. The molecule has 7 heterocycles. The van der Waals surface area contributed by atoms with Crippen molar-refractivity contribution >= 4 is 43.6 Å². The van der Waals surface area contributed by atoms with Crippen molar-refractivity contribution < 1.29 is 0 Å². The predicted molar refractivity (Wildman–Crippen MR) is 518 cm³/mol. The highest BCUT2D eigenvalue weighted by Gasteiger charge is 2.28. The van der Waals surface area contributed by atoms with Crippen LogP contribution in [0.1, 0.15) is 11.1 Å². The van der Waals surface area contributed by atoms with Gasteiger partial charge in [0.1, 0.15) is 0 Å². The van der Waals surface area contributed by atoms with Crippen molar-refractivity contribution in [2.75, 3.05) is 0 Å². The number of nitrogens with zero attached hydrogens (tertiary/aromatic N) is 19. The summed E-state index contributed by atoms with van der Waals surface area (Å²) < 4.78 is 4.46. The number of rotatable bonds is 18. The van der Waals surface area contributed by atoms with E-state index in [1.54, 1.807) is 0 Å². The summed E-state index contributed by atoms with van der Waals surface area (Å²) in [5.74, 6) is 6.95. The van der Waals surface area contributed by atoms with E-state index < -0.39 is 0 Å². The first-order chi connectivity index (χ1) is 65.3. The first-order valence-corrected chi connectivity index (χ1v) is 42.9. The van der Waals surface area contributed by atoms with E-state index in [9.17, 15) is 10.5 Å². The summed E-state index contributed by atoms with van der Waals surface area (Å²) in [6, 6.07) is 139. The normalized spacial score (nSPS) is 11.3. The maximum Gasteiger partial charge on any atom is 0.166 e. The fourth-order valence-corrected chi connectivity index (χ4v) is 17.0. The molecule has 19 nitrogen and oxygen atoms in total. The number of aromatic nitrogens is 17. The van der Waals surface area contributed by atoms with Crippen LogP contribution in [-0.4, -0.2) is 83.9 Å². The Bertz CT molecular complexity index is 7900. The highest BCUT2D eigenvalue weighted by Crippen LogP contribution is 2.45. The highest BCUT2D eigenvalue weighted by molar-refractivity contribution is 6.14. The molecule has 0 N–H and O–H groups in total. The smallest absolute Gasteiger partial charge is 0.166 e. The summed E-state index contributed by atoms with van der Waals surface area (Å²) in [6.07, 6.45) is 0. The molecule has 23 aromatic rings. The molecule has 0 amide bonds. The van der Waals surface area contributed by atoms with Crippen molar-refractivity contribution in [2.45, 2.75) is 0 Å². The molecule has 132 heavy (non-hydrogen) atoms. The summed E-state index contributed by atoms with van der Waals surface area (Å²) in [4.78, 5) is 79.4. The third kappa shape index (κ3) is 14.9. The second kappa shape index (κ2) is 33.6. The van der Waals surface area contributed by atoms with Crippen LogP contribution >= 0.6 is 0 Å². The number of benzene rings is 16. The zero-order valence-electron chi connectivity index (χ0n) is 70.2. The maximum absolute atomic E-state index is 11.3. The zero-order chi connectivity index (χ0) is 88.0. The topological polar surface area (TPSA) is 251 Å². The molecular formula is C113H67N19. The first-order valence-electron chi connectivity index (χ1n) is 42.9. The summed E-state index contributed by atoms with van der Waals surface area (Å²) in [5, 5.41) is 24.9. The van der Waals surface area contributed by atoms with E-state index in [2.05, 4.69) is 100 Å². The predicted octanol–water partition coefficient (Wildman–Crippen LogP) is 25.2. The van der Waals surface area contributed by atoms with Crippen LogP contribution in [0.15, 0.2) is 406 Å². The van der Waals surface area contributed by atoms with E-state index in [1.807, 2.05) is 328 Å². The molecule has 0 bridgehead atoms. The largest absolute Gasteiger partial charge is 0.308 e. The Morgan fingerprint density at radius 1 is 0.152 bits per heavy atom. The van der Waals surface area contributed by atoms with Gasteiger partial charge < -0.3 is 9.13 Å². The molecule has 0 aliphatic carbocycles. The van der Waals surface area contributed by atoms with Crippen molar-refractivity contribution in [3.63, 3.8) is 0 Å². The lowest BCUT2D eigenvalue weighted by Gasteiger charge is -2.18. The van der Waals surface area contributed by atoms with Gasteiger partial charge in [-0.25, -0.2) is 74.8 Å². The Balaban J connectivity index is 0.762. The lowest BCUT2D eigenvalue weighted by atomic mass is 9.99. The van der Waals surface area contributed by atoms with Gasteiger partial charge in [0, 0.05) is 105 Å². The second-order valence-electron chi connectivity index (χ2n) is 31.7. The third-order valence-corrected chi connectivity index (χ3v) is 23.5. The van der Waals surface area contributed by atoms with Gasteiger partial charge in [-0.15, -0.1) is 0 Å². The Hall–Kier alpha value is -18.9. The van der Waals surface area contributed by atoms with Crippen LogP contribution in [0.2, 0.25) is 0 Å². The van der Waals surface area contributed by atoms with E-state index in [1.165, 1.54) is 0 Å². The van der Waals surface area contributed by atoms with Crippen molar-refractivity contribution in [1.82, 2.24) is 83.9 Å². The van der Waals surface area contributed by atoms with Gasteiger partial charge in [-0.2, -0.15) is 10.5 Å². The van der Waals surface area contributed by atoms with E-state index in [0.29, 0.717) is 121 Å². The fraction of sp³-hybridized carbons (Fsp3) is 0. The Labute approximate surface area is 756 Å². The molecule has 0 aliphatic rings. The molecule has 0 radical (unpaired) electrons. The van der Waals surface area contributed by atoms with Gasteiger partial charge in [-0.1, -0.05) is 291 Å². The fourth-order valence-electron chi connectivity index (χ4n) is 17.0. The second-order valence-corrected chi connectivity index (χ2v) is 31.7. The van der Waals surface area contributed by atoms with Crippen LogP contribution in [0.3, 0.4) is 0 Å². The van der Waals surface area contributed by atoms with Gasteiger partial charge in [0.25, 0.3) is 0 Å². The van der Waals surface area contributed by atoms with Gasteiger partial charge in [0.15, 0.2) is 87.4 Å². The minimum atomic E-state index is 0.267. The van der Waals surface area contributed by atoms with Crippen molar-refractivity contribution in [2.24, 2.45) is 0 Å². The molecule has 614 valence electrons. The summed E-state index contributed by atoms with van der Waals surface area (Å²) in [5.41, 5.74) is 18.6. The molecule has 0 aliphatic heterocycles. The minimum Gasteiger partial charge on any atom is -0.308 e. The molecule has 19 heteroatoms. The SMILES string of the molecule is N#Cc1ccc(-c2ccc(-n3c4ccc(-c5nc(-c6ccccc6)nc(-c6ccccc6)n5)cc4c4cc(-c5nc(-c6ccccc6)nc(-c6ccccc6)n5)ccc43)c(-c3nc(-c4ccccc4)nc(-c4cc(C#N)ccc4-n4c5ccc(-c6nc(-c7ccccc7)nc(-c7ccccc7)n6)cc5c5cc(-c6nc(-c7ccccc7)nc(-c7ccccc7)n6)ccc54)n3)c2)cc1. The molecule has 0 saturated carbocycles. The third-order valence-electron chi connectivity index (χ3n) is 23.5. The van der Waals surface area contributed by atoms with Gasteiger partial charge in [0.2, 0.25) is 0 Å². The van der Waals surface area contributed by atoms with Crippen LogP contribution in [0, 0.1) is 22.7 Å². The number of fused-ring (bicyclic) bond motifs is 6. The van der Waals surface area contributed by atoms with Crippen molar-refractivity contribution in [1.29, 1.82) is 10.5 Å². The van der Waals surface area contributed by atoms with E-state index >= 15 is 0 Å². The minimum absolute atomic E-state index is 0.267. The molecule has 0 saturated heterocycles. The van der Waals surface area contributed by atoms with E-state index in [-0.39, 0.29) is 5.82 Å². The van der Waals surface area contributed by atoms with Crippen LogP contribution in [0.4, 0.5) is 0 Å². The van der Waals surface area contributed by atoms with E-state index in [4.69, 9.17) is 74.8 Å².